The van der Waals surface area contributed by atoms with Crippen LogP contribution in [0.1, 0.15) is 29.8 Å². The highest BCUT2D eigenvalue weighted by Gasteiger charge is 2.15. The number of nitrogens with zero attached hydrogens (tertiary/aromatic N) is 1. The van der Waals surface area contributed by atoms with E-state index < -0.39 is 18.5 Å². The van der Waals surface area contributed by atoms with Gasteiger partial charge in [-0.05, 0) is 25.1 Å². The van der Waals surface area contributed by atoms with Gasteiger partial charge in [-0.2, -0.15) is 0 Å². The molecule has 3 N–H and O–H groups in total. The molecule has 0 bridgehead atoms. The van der Waals surface area contributed by atoms with Gasteiger partial charge in [0.15, 0.2) is 11.7 Å². The van der Waals surface area contributed by atoms with Crippen molar-refractivity contribution in [3.8, 4) is 11.3 Å². The lowest BCUT2D eigenvalue weighted by Gasteiger charge is -2.10. The minimum absolute atomic E-state index is 0.0636. The van der Waals surface area contributed by atoms with Crippen LogP contribution in [0.2, 0.25) is 0 Å². The summed E-state index contributed by atoms with van der Waals surface area (Å²) in [5.41, 5.74) is 3.46. The molecule has 1 aromatic heterocycles. The third-order valence-corrected chi connectivity index (χ3v) is 5.00. The zero-order chi connectivity index (χ0) is 24.0. The third kappa shape index (κ3) is 6.97. The zero-order valence-electron chi connectivity index (χ0n) is 18.2. The number of esters is 1. The van der Waals surface area contributed by atoms with Gasteiger partial charge >= 0.3 is 5.97 Å². The van der Waals surface area contributed by atoms with Crippen LogP contribution < -0.4 is 16.0 Å². The second-order valence-corrected chi connectivity index (χ2v) is 8.05. The first-order valence-corrected chi connectivity index (χ1v) is 10.8. The number of benzene rings is 2. The first-order valence-electron chi connectivity index (χ1n) is 9.89. The van der Waals surface area contributed by atoms with Gasteiger partial charge in [0.25, 0.3) is 5.91 Å². The van der Waals surface area contributed by atoms with Crippen molar-refractivity contribution in [3.63, 3.8) is 0 Å². The average Bonchev–Trinajstić information content (AvgIpc) is 3.19. The molecule has 0 saturated carbocycles. The van der Waals surface area contributed by atoms with Crippen LogP contribution in [0.25, 0.3) is 11.3 Å². The number of nitrogens with one attached hydrogen (secondary N) is 3. The molecule has 3 rings (SSSR count). The normalized spacial score (nSPS) is 10.3. The van der Waals surface area contributed by atoms with Crippen LogP contribution in [0, 0.1) is 6.92 Å². The van der Waals surface area contributed by atoms with Crippen molar-refractivity contribution in [2.24, 2.45) is 0 Å². The molecule has 0 fully saturated rings. The van der Waals surface area contributed by atoms with Crippen LogP contribution >= 0.6 is 11.3 Å². The molecule has 170 valence electrons. The summed E-state index contributed by atoms with van der Waals surface area (Å²) in [5.74, 6) is -2.03. The maximum Gasteiger partial charge on any atom is 0.338 e. The Bertz CT molecular complexity index is 1170. The van der Waals surface area contributed by atoms with Crippen molar-refractivity contribution in [1.82, 2.24) is 4.98 Å². The van der Waals surface area contributed by atoms with Crippen molar-refractivity contribution in [1.29, 1.82) is 0 Å². The fraction of sp³-hybridized carbons (Fsp3) is 0.174. The van der Waals surface area contributed by atoms with Gasteiger partial charge in [-0.25, -0.2) is 9.78 Å². The van der Waals surface area contributed by atoms with Gasteiger partial charge < -0.3 is 15.4 Å². The minimum Gasteiger partial charge on any atom is -0.452 e. The van der Waals surface area contributed by atoms with E-state index in [9.17, 15) is 19.2 Å². The molecule has 0 aliphatic heterocycles. The first kappa shape index (κ1) is 23.6. The Kier molecular flexibility index (Phi) is 7.52. The Morgan fingerprint density at radius 3 is 2.09 bits per heavy atom. The van der Waals surface area contributed by atoms with E-state index in [0.29, 0.717) is 16.5 Å². The van der Waals surface area contributed by atoms with Crippen molar-refractivity contribution in [2.45, 2.75) is 20.8 Å². The van der Waals surface area contributed by atoms with Crippen molar-refractivity contribution in [2.75, 3.05) is 22.6 Å². The number of hydrogen-bond acceptors (Lipinski definition) is 7. The molecule has 9 nitrogen and oxygen atoms in total. The summed E-state index contributed by atoms with van der Waals surface area (Å²) in [4.78, 5) is 51.8. The number of thiazole rings is 1. The van der Waals surface area contributed by atoms with E-state index in [0.717, 1.165) is 16.8 Å². The van der Waals surface area contributed by atoms with E-state index in [1.54, 1.807) is 0 Å². The number of ether oxygens (including phenoxy) is 1. The minimum atomic E-state index is -0.788. The van der Waals surface area contributed by atoms with Gasteiger partial charge in [-0.1, -0.05) is 29.8 Å². The number of carbonyl (C=O) groups excluding carboxylic acids is 4. The second-order valence-electron chi connectivity index (χ2n) is 7.19. The first-order chi connectivity index (χ1) is 15.7. The van der Waals surface area contributed by atoms with Gasteiger partial charge in [0.05, 0.1) is 11.3 Å². The maximum atomic E-state index is 12.5. The molecule has 3 aromatic rings. The summed E-state index contributed by atoms with van der Waals surface area (Å²) < 4.78 is 5.09. The topological polar surface area (TPSA) is 126 Å². The summed E-state index contributed by atoms with van der Waals surface area (Å²) in [6, 6.07) is 12.1. The van der Waals surface area contributed by atoms with Gasteiger partial charge in [-0.15, -0.1) is 11.3 Å². The smallest absolute Gasteiger partial charge is 0.338 e. The van der Waals surface area contributed by atoms with Crippen LogP contribution in [0.15, 0.2) is 47.8 Å². The summed E-state index contributed by atoms with van der Waals surface area (Å²) in [7, 11) is 0. The van der Waals surface area contributed by atoms with Crippen LogP contribution in [0.4, 0.5) is 16.5 Å². The Hall–Kier alpha value is -4.05. The summed E-state index contributed by atoms with van der Waals surface area (Å²) >= 11 is 1.26. The van der Waals surface area contributed by atoms with Crippen LogP contribution in [0.3, 0.4) is 0 Å². The van der Waals surface area contributed by atoms with Crippen molar-refractivity contribution < 1.29 is 23.9 Å². The monoisotopic (exact) mass is 466 g/mol. The quantitative estimate of drug-likeness (QED) is 0.454. The highest BCUT2D eigenvalue weighted by atomic mass is 32.1. The SMILES string of the molecule is CC(=O)Nc1cc(NC(C)=O)cc(C(=O)OCC(=O)Nc2nc(-c3ccc(C)cc3)cs2)c1. The standard InChI is InChI=1S/C23H22N4O5S/c1-13-4-6-16(7-5-13)20-12-33-23(26-20)27-21(30)11-32-22(31)17-8-18(24-14(2)28)10-19(9-17)25-15(3)29/h4-10,12H,11H2,1-3H3,(H,24,28)(H,25,29)(H,26,27,30). The fourth-order valence-electron chi connectivity index (χ4n) is 2.85. The largest absolute Gasteiger partial charge is 0.452 e. The molecular weight excluding hydrogens is 444 g/mol. The molecule has 0 radical (unpaired) electrons. The summed E-state index contributed by atoms with van der Waals surface area (Å²) in [6.45, 7) is 4.10. The van der Waals surface area contributed by atoms with Crippen molar-refractivity contribution in [3.05, 3.63) is 59.0 Å². The molecular formula is C23H22N4O5S. The van der Waals surface area contributed by atoms with E-state index >= 15 is 0 Å². The lowest BCUT2D eigenvalue weighted by Crippen LogP contribution is -2.21. The van der Waals surface area contributed by atoms with Crippen molar-refractivity contribution >= 4 is 51.5 Å². The number of amides is 3. The second kappa shape index (κ2) is 10.5. The molecule has 0 saturated heterocycles. The van der Waals surface area contributed by atoms with E-state index in [1.165, 1.54) is 43.4 Å². The lowest BCUT2D eigenvalue weighted by molar-refractivity contribution is -0.119. The van der Waals surface area contributed by atoms with Crippen LogP contribution in [-0.4, -0.2) is 35.3 Å². The summed E-state index contributed by atoms with van der Waals surface area (Å²) in [5, 5.41) is 9.90. The van der Waals surface area contributed by atoms with Gasteiger partial charge in [0, 0.05) is 36.2 Å². The lowest BCUT2D eigenvalue weighted by atomic mass is 10.1. The zero-order valence-corrected chi connectivity index (χ0v) is 19.0. The number of aryl methyl sites for hydroxylation is 1. The van der Waals surface area contributed by atoms with Crippen LogP contribution in [0.5, 0.6) is 0 Å². The highest BCUT2D eigenvalue weighted by Crippen LogP contribution is 2.25. The van der Waals surface area contributed by atoms with E-state index in [1.807, 2.05) is 36.6 Å². The Morgan fingerprint density at radius 1 is 0.909 bits per heavy atom. The molecule has 2 aromatic carbocycles. The van der Waals surface area contributed by atoms with Gasteiger partial charge in [-0.3, -0.25) is 19.7 Å². The molecule has 10 heteroatoms. The number of aromatic nitrogens is 1. The van der Waals surface area contributed by atoms with E-state index in [-0.39, 0.29) is 17.4 Å². The van der Waals surface area contributed by atoms with Crippen LogP contribution in [-0.2, 0) is 19.1 Å². The number of rotatable bonds is 7. The predicted octanol–water partition coefficient (Wildman–Crippen LogP) is 3.83. The molecule has 0 aliphatic rings. The van der Waals surface area contributed by atoms with E-state index in [4.69, 9.17) is 4.74 Å². The Balaban J connectivity index is 1.62. The molecule has 0 atom stereocenters. The molecule has 1 heterocycles. The number of carbonyl (C=O) groups is 4. The molecule has 0 aliphatic carbocycles. The third-order valence-electron chi connectivity index (χ3n) is 4.24. The van der Waals surface area contributed by atoms with Gasteiger partial charge in [0.1, 0.15) is 0 Å². The average molecular weight is 467 g/mol. The Labute approximate surface area is 194 Å². The maximum absolute atomic E-state index is 12.5. The Morgan fingerprint density at radius 2 is 1.52 bits per heavy atom. The molecule has 0 unspecified atom stereocenters. The molecule has 3 amide bonds. The van der Waals surface area contributed by atoms with Gasteiger partial charge in [0.2, 0.25) is 11.8 Å². The fourth-order valence-corrected chi connectivity index (χ4v) is 3.59. The highest BCUT2D eigenvalue weighted by molar-refractivity contribution is 7.14. The molecule has 0 spiro atoms. The van der Waals surface area contributed by atoms with E-state index in [2.05, 4.69) is 20.9 Å². The molecule has 33 heavy (non-hydrogen) atoms. The number of hydrogen-bond donors (Lipinski definition) is 3. The number of anilines is 3. The summed E-state index contributed by atoms with van der Waals surface area (Å²) in [6.07, 6.45) is 0. The predicted molar refractivity (Wildman–Crippen MR) is 126 cm³/mol.